The summed E-state index contributed by atoms with van der Waals surface area (Å²) in [6, 6.07) is 12.5. The molecular weight excluding hydrogens is 222 g/mol. The number of hydrogen-bond acceptors (Lipinski definition) is 3. The summed E-state index contributed by atoms with van der Waals surface area (Å²) in [7, 11) is 0. The highest BCUT2D eigenvalue weighted by molar-refractivity contribution is 7.17. The molecule has 0 radical (unpaired) electrons. The topological polar surface area (TPSA) is 61.1 Å². The lowest BCUT2D eigenvalue weighted by Gasteiger charge is -1.96. The van der Waals surface area contributed by atoms with Crippen LogP contribution in [0.1, 0.15) is 15.2 Å². The van der Waals surface area contributed by atoms with Crippen molar-refractivity contribution >= 4 is 17.3 Å². The number of carboxylic acid groups (broad SMARTS) is 1. The summed E-state index contributed by atoms with van der Waals surface area (Å²) in [5.74, 6) is -0.923. The third kappa shape index (κ3) is 1.95. The van der Waals surface area contributed by atoms with E-state index in [1.54, 1.807) is 30.3 Å². The highest BCUT2D eigenvalue weighted by Gasteiger charge is 2.08. The number of hydrogen-bond donors (Lipinski definition) is 1. The van der Waals surface area contributed by atoms with Crippen molar-refractivity contribution in [1.29, 1.82) is 5.26 Å². The average molecular weight is 229 g/mol. The maximum atomic E-state index is 10.7. The second kappa shape index (κ2) is 4.17. The van der Waals surface area contributed by atoms with Gasteiger partial charge in [-0.15, -0.1) is 11.3 Å². The van der Waals surface area contributed by atoms with E-state index in [0.717, 1.165) is 10.4 Å². The number of aromatic carboxylic acids is 1. The van der Waals surface area contributed by atoms with Gasteiger partial charge in [-0.2, -0.15) is 5.26 Å². The Morgan fingerprint density at radius 2 is 2.12 bits per heavy atom. The highest BCUT2D eigenvalue weighted by Crippen LogP contribution is 2.28. The Balaban J connectivity index is 2.43. The second-order valence-corrected chi connectivity index (χ2v) is 4.25. The molecular formula is C12H7NO2S. The van der Waals surface area contributed by atoms with Gasteiger partial charge in [-0.1, -0.05) is 12.1 Å². The molecule has 1 aromatic heterocycles. The summed E-state index contributed by atoms with van der Waals surface area (Å²) in [4.78, 5) is 11.9. The number of carboxylic acids is 1. The molecule has 0 saturated carbocycles. The normalized spacial score (nSPS) is 9.69. The van der Waals surface area contributed by atoms with E-state index in [1.807, 2.05) is 6.07 Å². The highest BCUT2D eigenvalue weighted by atomic mass is 32.1. The molecule has 4 heteroatoms. The average Bonchev–Trinajstić information content (AvgIpc) is 2.78. The van der Waals surface area contributed by atoms with Crippen LogP contribution in [0.15, 0.2) is 36.4 Å². The van der Waals surface area contributed by atoms with Crippen molar-refractivity contribution < 1.29 is 9.90 Å². The summed E-state index contributed by atoms with van der Waals surface area (Å²) < 4.78 is 0. The predicted molar refractivity (Wildman–Crippen MR) is 61.4 cm³/mol. The molecule has 0 aliphatic carbocycles. The predicted octanol–water partition coefficient (Wildman–Crippen LogP) is 2.98. The molecule has 0 atom stereocenters. The first kappa shape index (κ1) is 10.4. The van der Waals surface area contributed by atoms with Crippen molar-refractivity contribution in [3.8, 4) is 16.5 Å². The third-order valence-corrected chi connectivity index (χ3v) is 3.22. The number of nitriles is 1. The summed E-state index contributed by atoms with van der Waals surface area (Å²) in [6.07, 6.45) is 0. The lowest BCUT2D eigenvalue weighted by molar-refractivity contribution is 0.0702. The molecule has 3 nitrogen and oxygen atoms in total. The number of benzene rings is 1. The van der Waals surface area contributed by atoms with Gasteiger partial charge >= 0.3 is 5.97 Å². The monoisotopic (exact) mass is 229 g/mol. The molecule has 78 valence electrons. The fraction of sp³-hybridized carbons (Fsp3) is 0. The molecule has 2 rings (SSSR count). The minimum Gasteiger partial charge on any atom is -0.477 e. The first-order valence-electron chi connectivity index (χ1n) is 4.54. The molecule has 0 saturated heterocycles. The van der Waals surface area contributed by atoms with Crippen LogP contribution in [0.2, 0.25) is 0 Å². The largest absolute Gasteiger partial charge is 0.477 e. The van der Waals surface area contributed by atoms with Crippen molar-refractivity contribution in [2.45, 2.75) is 0 Å². The van der Waals surface area contributed by atoms with Crippen LogP contribution in [0.25, 0.3) is 10.4 Å². The summed E-state index contributed by atoms with van der Waals surface area (Å²) in [5.41, 5.74) is 1.44. The van der Waals surface area contributed by atoms with Gasteiger partial charge in [0.15, 0.2) is 0 Å². The molecule has 0 fully saturated rings. The Morgan fingerprint density at radius 1 is 1.31 bits per heavy atom. The van der Waals surface area contributed by atoms with E-state index in [-0.39, 0.29) is 0 Å². The maximum Gasteiger partial charge on any atom is 0.345 e. The molecule has 0 aliphatic heterocycles. The van der Waals surface area contributed by atoms with Crippen LogP contribution in [-0.2, 0) is 0 Å². The smallest absolute Gasteiger partial charge is 0.345 e. The Labute approximate surface area is 96.2 Å². The van der Waals surface area contributed by atoms with Gasteiger partial charge < -0.3 is 5.11 Å². The first-order chi connectivity index (χ1) is 7.70. The van der Waals surface area contributed by atoms with Gasteiger partial charge in [0.1, 0.15) is 4.88 Å². The van der Waals surface area contributed by atoms with E-state index in [2.05, 4.69) is 6.07 Å². The SMILES string of the molecule is N#Cc1cccc(-c2ccc(C(=O)O)s2)c1. The van der Waals surface area contributed by atoms with Gasteiger partial charge in [0.05, 0.1) is 11.6 Å². The second-order valence-electron chi connectivity index (χ2n) is 3.16. The van der Waals surface area contributed by atoms with Crippen LogP contribution in [-0.4, -0.2) is 11.1 Å². The van der Waals surface area contributed by atoms with Crippen molar-refractivity contribution in [3.63, 3.8) is 0 Å². The van der Waals surface area contributed by atoms with Crippen molar-refractivity contribution in [2.75, 3.05) is 0 Å². The van der Waals surface area contributed by atoms with Crippen LogP contribution >= 0.6 is 11.3 Å². The zero-order valence-corrected chi connectivity index (χ0v) is 8.99. The molecule has 0 spiro atoms. The van der Waals surface area contributed by atoms with Gasteiger partial charge in [-0.05, 0) is 29.8 Å². The van der Waals surface area contributed by atoms with Crippen molar-refractivity contribution in [1.82, 2.24) is 0 Å². The molecule has 0 bridgehead atoms. The van der Waals surface area contributed by atoms with E-state index in [1.165, 1.54) is 11.3 Å². The first-order valence-corrected chi connectivity index (χ1v) is 5.36. The maximum absolute atomic E-state index is 10.7. The number of rotatable bonds is 2. The van der Waals surface area contributed by atoms with Crippen LogP contribution in [0, 0.1) is 11.3 Å². The lowest BCUT2D eigenvalue weighted by Crippen LogP contribution is -1.89. The number of carbonyl (C=O) groups is 1. The molecule has 1 N–H and O–H groups in total. The van der Waals surface area contributed by atoms with Crippen LogP contribution in [0.5, 0.6) is 0 Å². The van der Waals surface area contributed by atoms with Crippen molar-refractivity contribution in [2.24, 2.45) is 0 Å². The molecule has 2 aromatic rings. The Hall–Kier alpha value is -2.12. The molecule has 0 amide bonds. The Kier molecular flexibility index (Phi) is 2.71. The van der Waals surface area contributed by atoms with E-state index in [9.17, 15) is 4.79 Å². The molecule has 1 heterocycles. The molecule has 1 aromatic carbocycles. The zero-order valence-electron chi connectivity index (χ0n) is 8.18. The van der Waals surface area contributed by atoms with Gasteiger partial charge in [0.25, 0.3) is 0 Å². The number of thiophene rings is 1. The van der Waals surface area contributed by atoms with E-state index < -0.39 is 5.97 Å². The fourth-order valence-corrected chi connectivity index (χ4v) is 2.19. The van der Waals surface area contributed by atoms with E-state index in [0.29, 0.717) is 10.4 Å². The lowest BCUT2D eigenvalue weighted by atomic mass is 10.1. The minimum atomic E-state index is -0.923. The van der Waals surface area contributed by atoms with Gasteiger partial charge in [0, 0.05) is 4.88 Å². The zero-order chi connectivity index (χ0) is 11.5. The molecule has 0 aliphatic rings. The molecule has 16 heavy (non-hydrogen) atoms. The standard InChI is InChI=1S/C12H7NO2S/c13-7-8-2-1-3-9(6-8)10-4-5-11(16-10)12(14)15/h1-6H,(H,14,15). The van der Waals surface area contributed by atoms with Crippen LogP contribution in [0.3, 0.4) is 0 Å². The summed E-state index contributed by atoms with van der Waals surface area (Å²) in [6.45, 7) is 0. The van der Waals surface area contributed by atoms with Crippen molar-refractivity contribution in [3.05, 3.63) is 46.8 Å². The summed E-state index contributed by atoms with van der Waals surface area (Å²) >= 11 is 1.20. The Bertz CT molecular complexity index is 581. The van der Waals surface area contributed by atoms with E-state index >= 15 is 0 Å². The van der Waals surface area contributed by atoms with Gasteiger partial charge in [0.2, 0.25) is 0 Å². The van der Waals surface area contributed by atoms with Gasteiger partial charge in [-0.25, -0.2) is 4.79 Å². The molecule has 0 unspecified atom stereocenters. The van der Waals surface area contributed by atoms with Gasteiger partial charge in [-0.3, -0.25) is 0 Å². The number of nitrogens with zero attached hydrogens (tertiary/aromatic N) is 1. The Morgan fingerprint density at radius 3 is 2.75 bits per heavy atom. The van der Waals surface area contributed by atoms with Crippen LogP contribution in [0.4, 0.5) is 0 Å². The third-order valence-electron chi connectivity index (χ3n) is 2.09. The van der Waals surface area contributed by atoms with E-state index in [4.69, 9.17) is 10.4 Å². The fourth-order valence-electron chi connectivity index (χ4n) is 1.35. The van der Waals surface area contributed by atoms with Crippen LogP contribution < -0.4 is 0 Å². The summed E-state index contributed by atoms with van der Waals surface area (Å²) in [5, 5.41) is 17.6. The minimum absolute atomic E-state index is 0.303. The quantitative estimate of drug-likeness (QED) is 0.861.